The number of carboxylic acid groups (broad SMARTS) is 1. The fourth-order valence-corrected chi connectivity index (χ4v) is 3.03. The predicted molar refractivity (Wildman–Crippen MR) is 88.6 cm³/mol. The van der Waals surface area contributed by atoms with Gasteiger partial charge in [0.25, 0.3) is 0 Å². The maximum absolute atomic E-state index is 13.5. The highest BCUT2D eigenvalue weighted by Crippen LogP contribution is 2.22. The highest BCUT2D eigenvalue weighted by Gasteiger charge is 2.17. The second kappa shape index (κ2) is 8.01. The largest absolute Gasteiger partial charge is 0.478 e. The second-order valence-corrected chi connectivity index (χ2v) is 6.40. The molecule has 7 heteroatoms. The van der Waals surface area contributed by atoms with E-state index in [-0.39, 0.29) is 30.3 Å². The van der Waals surface area contributed by atoms with Crippen molar-refractivity contribution < 1.29 is 23.5 Å². The first-order valence-corrected chi connectivity index (χ1v) is 8.31. The highest BCUT2D eigenvalue weighted by molar-refractivity contribution is 7.99. The van der Waals surface area contributed by atoms with E-state index in [0.29, 0.717) is 22.2 Å². The summed E-state index contributed by atoms with van der Waals surface area (Å²) in [7, 11) is 1.62. The third kappa shape index (κ3) is 4.61. The molecular weight excluding hydrogens is 333 g/mol. The predicted octanol–water partition coefficient (Wildman–Crippen LogP) is 3.57. The molecule has 0 bridgehead atoms. The van der Waals surface area contributed by atoms with Crippen molar-refractivity contribution in [3.63, 3.8) is 0 Å². The van der Waals surface area contributed by atoms with Crippen LogP contribution in [-0.2, 0) is 11.3 Å². The number of rotatable bonds is 7. The number of hydrogen-bond acceptors (Lipinski definition) is 4. The quantitative estimate of drug-likeness (QED) is 0.772. The average Bonchev–Trinajstić information content (AvgIpc) is 2.89. The number of aromatic carboxylic acids is 1. The van der Waals surface area contributed by atoms with Crippen LogP contribution in [0.5, 0.6) is 0 Å². The van der Waals surface area contributed by atoms with Crippen molar-refractivity contribution in [2.45, 2.75) is 24.8 Å². The minimum atomic E-state index is -1.06. The first-order valence-electron chi connectivity index (χ1n) is 7.32. The summed E-state index contributed by atoms with van der Waals surface area (Å²) in [4.78, 5) is 25.1. The van der Waals surface area contributed by atoms with Crippen molar-refractivity contribution in [1.82, 2.24) is 4.90 Å². The van der Waals surface area contributed by atoms with Crippen molar-refractivity contribution >= 4 is 23.6 Å². The maximum atomic E-state index is 13.5. The Hall–Kier alpha value is -2.28. The van der Waals surface area contributed by atoms with Crippen LogP contribution in [-0.4, -0.2) is 34.7 Å². The third-order valence-corrected chi connectivity index (χ3v) is 4.48. The molecule has 1 aromatic carbocycles. The molecule has 0 fully saturated rings. The molecule has 0 saturated carbocycles. The van der Waals surface area contributed by atoms with Gasteiger partial charge in [-0.05, 0) is 25.1 Å². The van der Waals surface area contributed by atoms with Gasteiger partial charge in [0.05, 0.1) is 6.54 Å². The molecule has 0 unspecified atom stereocenters. The molecule has 5 nitrogen and oxygen atoms in total. The number of thioether (sulfide) groups is 1. The monoisotopic (exact) mass is 351 g/mol. The van der Waals surface area contributed by atoms with Crippen LogP contribution in [0.1, 0.15) is 28.3 Å². The summed E-state index contributed by atoms with van der Waals surface area (Å²) < 4.78 is 18.8. The van der Waals surface area contributed by atoms with Crippen LogP contribution in [0.3, 0.4) is 0 Å². The van der Waals surface area contributed by atoms with E-state index in [9.17, 15) is 14.0 Å². The van der Waals surface area contributed by atoms with Crippen molar-refractivity contribution in [3.8, 4) is 0 Å². The smallest absolute Gasteiger partial charge is 0.339 e. The molecule has 0 aliphatic rings. The van der Waals surface area contributed by atoms with Gasteiger partial charge in [-0.2, -0.15) is 0 Å². The Balaban J connectivity index is 1.85. The molecular formula is C17H18FNO4S. The summed E-state index contributed by atoms with van der Waals surface area (Å²) in [5.41, 5.74) is 0.0981. The minimum absolute atomic E-state index is 0.0981. The summed E-state index contributed by atoms with van der Waals surface area (Å²) in [6, 6.07) is 7.85. The molecule has 1 N–H and O–H groups in total. The molecule has 0 aliphatic carbocycles. The topological polar surface area (TPSA) is 70.8 Å². The summed E-state index contributed by atoms with van der Waals surface area (Å²) in [5.74, 6) is -0.282. The molecule has 0 saturated heterocycles. The number of aryl methyl sites for hydroxylation is 1. The lowest BCUT2D eigenvalue weighted by Gasteiger charge is -2.15. The van der Waals surface area contributed by atoms with Gasteiger partial charge in [0.1, 0.15) is 22.9 Å². The number of furan rings is 1. The standard InChI is InChI=1S/C17H18FNO4S/c1-11-13(17(21)22)9-12(23-11)10-19(2)16(20)7-8-24-15-6-4-3-5-14(15)18/h3-6,9H,7-8,10H2,1-2H3,(H,21,22). The van der Waals surface area contributed by atoms with E-state index in [1.165, 1.54) is 28.8 Å². The van der Waals surface area contributed by atoms with Crippen molar-refractivity contribution in [2.24, 2.45) is 0 Å². The molecule has 1 aromatic heterocycles. The number of amides is 1. The van der Waals surface area contributed by atoms with E-state index in [2.05, 4.69) is 0 Å². The SMILES string of the molecule is Cc1oc(CN(C)C(=O)CCSc2ccccc2F)cc1C(=O)O. The molecule has 0 aliphatic heterocycles. The molecule has 2 aromatic rings. The molecule has 128 valence electrons. The number of halogens is 1. The molecule has 0 atom stereocenters. The Bertz CT molecular complexity index is 744. The van der Waals surface area contributed by atoms with Gasteiger partial charge in [-0.15, -0.1) is 11.8 Å². The number of nitrogens with zero attached hydrogens (tertiary/aromatic N) is 1. The van der Waals surface area contributed by atoms with Gasteiger partial charge in [0, 0.05) is 24.1 Å². The van der Waals surface area contributed by atoms with Crippen molar-refractivity contribution in [3.05, 3.63) is 53.2 Å². The summed E-state index contributed by atoms with van der Waals surface area (Å²) in [6.45, 7) is 1.76. The third-order valence-electron chi connectivity index (χ3n) is 3.43. The molecule has 0 spiro atoms. The van der Waals surface area contributed by atoms with Gasteiger partial charge in [0.15, 0.2) is 0 Å². The Morgan fingerprint density at radius 1 is 1.33 bits per heavy atom. The Morgan fingerprint density at radius 3 is 2.67 bits per heavy atom. The first kappa shape index (κ1) is 18.1. The van der Waals surface area contributed by atoms with E-state index in [4.69, 9.17) is 9.52 Å². The van der Waals surface area contributed by atoms with Crippen LogP contribution in [0.15, 0.2) is 39.6 Å². The lowest BCUT2D eigenvalue weighted by Crippen LogP contribution is -2.26. The first-order chi connectivity index (χ1) is 11.4. The van der Waals surface area contributed by atoms with Crippen LogP contribution < -0.4 is 0 Å². The number of carboxylic acids is 1. The number of carbonyl (C=O) groups excluding carboxylic acids is 1. The van der Waals surface area contributed by atoms with Crippen LogP contribution in [0.25, 0.3) is 0 Å². The maximum Gasteiger partial charge on any atom is 0.339 e. The minimum Gasteiger partial charge on any atom is -0.478 e. The van der Waals surface area contributed by atoms with Gasteiger partial charge < -0.3 is 14.4 Å². The number of benzene rings is 1. The molecule has 0 radical (unpaired) electrons. The lowest BCUT2D eigenvalue weighted by molar-refractivity contribution is -0.130. The molecule has 1 amide bonds. The van der Waals surface area contributed by atoms with Crippen LogP contribution in [0.2, 0.25) is 0 Å². The van der Waals surface area contributed by atoms with Crippen LogP contribution in [0, 0.1) is 12.7 Å². The van der Waals surface area contributed by atoms with E-state index in [1.807, 2.05) is 0 Å². The highest BCUT2D eigenvalue weighted by atomic mass is 32.2. The zero-order chi connectivity index (χ0) is 17.7. The Labute approximate surface area is 143 Å². The average molecular weight is 351 g/mol. The Morgan fingerprint density at radius 2 is 2.04 bits per heavy atom. The number of carbonyl (C=O) groups is 2. The number of hydrogen-bond donors (Lipinski definition) is 1. The van der Waals surface area contributed by atoms with Crippen molar-refractivity contribution in [1.29, 1.82) is 0 Å². The van der Waals surface area contributed by atoms with Crippen LogP contribution >= 0.6 is 11.8 Å². The summed E-state index contributed by atoms with van der Waals surface area (Å²) >= 11 is 1.29. The molecule has 2 rings (SSSR count). The van der Waals surface area contributed by atoms with Gasteiger partial charge in [-0.1, -0.05) is 12.1 Å². The molecule has 1 heterocycles. The Kier molecular flexibility index (Phi) is 6.03. The van der Waals surface area contributed by atoms with E-state index in [1.54, 1.807) is 32.2 Å². The van der Waals surface area contributed by atoms with Gasteiger partial charge >= 0.3 is 5.97 Å². The van der Waals surface area contributed by atoms with Gasteiger partial charge in [-0.3, -0.25) is 4.79 Å². The fourth-order valence-electron chi connectivity index (χ4n) is 2.16. The van der Waals surface area contributed by atoms with E-state index in [0.717, 1.165) is 0 Å². The van der Waals surface area contributed by atoms with E-state index < -0.39 is 5.97 Å². The van der Waals surface area contributed by atoms with Gasteiger partial charge in [0.2, 0.25) is 5.91 Å². The van der Waals surface area contributed by atoms with Crippen LogP contribution in [0.4, 0.5) is 4.39 Å². The van der Waals surface area contributed by atoms with E-state index >= 15 is 0 Å². The van der Waals surface area contributed by atoms with Gasteiger partial charge in [-0.25, -0.2) is 9.18 Å². The van der Waals surface area contributed by atoms with Crippen molar-refractivity contribution in [2.75, 3.05) is 12.8 Å². The second-order valence-electron chi connectivity index (χ2n) is 5.27. The molecule has 24 heavy (non-hydrogen) atoms. The fraction of sp³-hybridized carbons (Fsp3) is 0.294. The lowest BCUT2D eigenvalue weighted by atomic mass is 10.2. The summed E-state index contributed by atoms with van der Waals surface area (Å²) in [5, 5.41) is 9.00. The zero-order valence-corrected chi connectivity index (χ0v) is 14.2. The summed E-state index contributed by atoms with van der Waals surface area (Å²) in [6.07, 6.45) is 0.251. The normalized spacial score (nSPS) is 10.6. The zero-order valence-electron chi connectivity index (χ0n) is 13.4.